The maximum atomic E-state index is 12.3. The second kappa shape index (κ2) is 9.59. The van der Waals surface area contributed by atoms with E-state index in [1.54, 1.807) is 24.4 Å². The summed E-state index contributed by atoms with van der Waals surface area (Å²) in [7, 11) is 0. The van der Waals surface area contributed by atoms with E-state index >= 15 is 0 Å². The highest BCUT2D eigenvalue weighted by molar-refractivity contribution is 9.10. The Morgan fingerprint density at radius 1 is 1.31 bits per heavy atom. The predicted molar refractivity (Wildman–Crippen MR) is 121 cm³/mol. The number of amides is 1. The highest BCUT2D eigenvalue weighted by atomic mass is 79.9. The molecule has 0 saturated heterocycles. The first-order chi connectivity index (χ1) is 14.0. The van der Waals surface area contributed by atoms with Crippen LogP contribution in [0.4, 0.5) is 0 Å². The molecule has 0 atom stereocenters. The largest absolute Gasteiger partial charge is 0.479 e. The Bertz CT molecular complexity index is 1140. The number of rotatable bonds is 7. The van der Waals surface area contributed by atoms with Crippen molar-refractivity contribution < 1.29 is 13.9 Å². The van der Waals surface area contributed by atoms with Crippen LogP contribution in [0, 0.1) is 12.3 Å². The minimum Gasteiger partial charge on any atom is -0.479 e. The maximum absolute atomic E-state index is 12.3. The van der Waals surface area contributed by atoms with E-state index in [1.165, 1.54) is 0 Å². The van der Waals surface area contributed by atoms with Gasteiger partial charge in [-0.3, -0.25) is 4.79 Å². The van der Waals surface area contributed by atoms with Gasteiger partial charge in [0.1, 0.15) is 17.9 Å². The summed E-state index contributed by atoms with van der Waals surface area (Å²) >= 11 is 6.88. The van der Waals surface area contributed by atoms with Gasteiger partial charge in [-0.05, 0) is 69.9 Å². The molecule has 2 aromatic carbocycles. The summed E-state index contributed by atoms with van der Waals surface area (Å²) in [5.74, 6) is 2.86. The Morgan fingerprint density at radius 3 is 2.90 bits per heavy atom. The predicted octanol–water partition coefficient (Wildman–Crippen LogP) is 5.46. The van der Waals surface area contributed by atoms with Crippen LogP contribution in [-0.2, 0) is 6.42 Å². The van der Waals surface area contributed by atoms with Crippen molar-refractivity contribution in [3.63, 3.8) is 0 Å². The molecule has 29 heavy (non-hydrogen) atoms. The van der Waals surface area contributed by atoms with E-state index in [2.05, 4.69) is 54.9 Å². The fourth-order valence-electron chi connectivity index (χ4n) is 2.68. The number of nitrogens with one attached hydrogen (secondary N) is 1. The number of hydrazone groups is 1. The summed E-state index contributed by atoms with van der Waals surface area (Å²) in [5, 5.41) is 4.85. The van der Waals surface area contributed by atoms with Crippen molar-refractivity contribution in [1.82, 2.24) is 5.43 Å². The molecule has 0 aliphatic carbocycles. The highest BCUT2D eigenvalue weighted by Crippen LogP contribution is 2.31. The zero-order valence-corrected chi connectivity index (χ0v) is 18.4. The zero-order chi connectivity index (χ0) is 20.8. The SMILES string of the molecule is C#CCOc1c(Br)cc(/C=N/NC(=O)c2cc3cc(Br)ccc3o2)cc1CC=C. The average Bonchev–Trinajstić information content (AvgIpc) is 3.11. The molecule has 0 aliphatic rings. The van der Waals surface area contributed by atoms with E-state index < -0.39 is 5.91 Å². The van der Waals surface area contributed by atoms with Gasteiger partial charge in [0.05, 0.1) is 10.7 Å². The number of furan rings is 1. The molecule has 146 valence electrons. The van der Waals surface area contributed by atoms with Gasteiger partial charge in [0.15, 0.2) is 5.76 Å². The lowest BCUT2D eigenvalue weighted by Crippen LogP contribution is -2.16. The number of ether oxygens (including phenoxy) is 1. The molecule has 1 amide bonds. The first-order valence-corrected chi connectivity index (χ1v) is 10.1. The molecule has 3 rings (SSSR count). The van der Waals surface area contributed by atoms with E-state index in [0.29, 0.717) is 17.8 Å². The van der Waals surface area contributed by atoms with Crippen LogP contribution < -0.4 is 10.2 Å². The first kappa shape index (κ1) is 20.9. The van der Waals surface area contributed by atoms with Crippen LogP contribution in [0.15, 0.2) is 67.5 Å². The van der Waals surface area contributed by atoms with Crippen molar-refractivity contribution in [2.45, 2.75) is 6.42 Å². The molecule has 1 aromatic heterocycles. The maximum Gasteiger partial charge on any atom is 0.307 e. The van der Waals surface area contributed by atoms with Crippen molar-refractivity contribution >= 4 is 55.0 Å². The normalized spacial score (nSPS) is 10.8. The van der Waals surface area contributed by atoms with Crippen LogP contribution in [0.1, 0.15) is 21.7 Å². The Balaban J connectivity index is 1.75. The molecule has 5 nitrogen and oxygen atoms in total. The van der Waals surface area contributed by atoms with E-state index in [1.807, 2.05) is 24.3 Å². The summed E-state index contributed by atoms with van der Waals surface area (Å²) in [5.41, 5.74) is 4.78. The van der Waals surface area contributed by atoms with Crippen LogP contribution in [0.2, 0.25) is 0 Å². The van der Waals surface area contributed by atoms with E-state index in [9.17, 15) is 4.79 Å². The molecular formula is C22H16Br2N2O3. The molecule has 1 N–H and O–H groups in total. The number of carbonyl (C=O) groups excluding carboxylic acids is 1. The van der Waals surface area contributed by atoms with Gasteiger partial charge in [-0.2, -0.15) is 5.10 Å². The Kier molecular flexibility index (Phi) is 6.91. The van der Waals surface area contributed by atoms with Crippen LogP contribution in [-0.4, -0.2) is 18.7 Å². The molecule has 1 heterocycles. The molecule has 0 radical (unpaired) electrons. The van der Waals surface area contributed by atoms with Crippen molar-refractivity contribution in [3.05, 3.63) is 74.9 Å². The third kappa shape index (κ3) is 5.17. The van der Waals surface area contributed by atoms with Gasteiger partial charge in [-0.15, -0.1) is 13.0 Å². The van der Waals surface area contributed by atoms with Gasteiger partial charge in [0.2, 0.25) is 0 Å². The summed E-state index contributed by atoms with van der Waals surface area (Å²) in [4.78, 5) is 12.3. The second-order valence-corrected chi connectivity index (χ2v) is 7.74. The third-order valence-electron chi connectivity index (χ3n) is 3.89. The number of carbonyl (C=O) groups is 1. The summed E-state index contributed by atoms with van der Waals surface area (Å²) in [6.45, 7) is 3.93. The monoisotopic (exact) mass is 514 g/mol. The van der Waals surface area contributed by atoms with Crippen LogP contribution in [0.3, 0.4) is 0 Å². The smallest absolute Gasteiger partial charge is 0.307 e. The lowest BCUT2D eigenvalue weighted by Gasteiger charge is -2.11. The fourth-order valence-corrected chi connectivity index (χ4v) is 3.69. The van der Waals surface area contributed by atoms with Crippen molar-refractivity contribution in [1.29, 1.82) is 0 Å². The van der Waals surface area contributed by atoms with Gasteiger partial charge in [-0.25, -0.2) is 5.43 Å². The molecule has 0 fully saturated rings. The first-order valence-electron chi connectivity index (χ1n) is 8.54. The van der Waals surface area contributed by atoms with Gasteiger partial charge in [-0.1, -0.05) is 27.9 Å². The molecule has 0 aliphatic heterocycles. The van der Waals surface area contributed by atoms with E-state index in [4.69, 9.17) is 15.6 Å². The lowest BCUT2D eigenvalue weighted by molar-refractivity contribution is 0.0929. The molecule has 0 spiro atoms. The standard InChI is InChI=1S/C22H16Br2N2O3/c1-3-5-15-9-14(10-18(24)21(15)28-8-4-2)13-25-26-22(27)20-12-16-11-17(23)6-7-19(16)29-20/h2-3,6-7,9-13H,1,5,8H2,(H,26,27)/b25-13+. The number of halogens is 2. The van der Waals surface area contributed by atoms with Crippen LogP contribution in [0.5, 0.6) is 5.75 Å². The number of terminal acetylenes is 1. The third-order valence-corrected chi connectivity index (χ3v) is 4.97. The van der Waals surface area contributed by atoms with Gasteiger partial charge in [0, 0.05) is 9.86 Å². The lowest BCUT2D eigenvalue weighted by atomic mass is 10.1. The van der Waals surface area contributed by atoms with Crippen molar-refractivity contribution in [2.75, 3.05) is 6.61 Å². The molecule has 3 aromatic rings. The van der Waals surface area contributed by atoms with E-state index in [-0.39, 0.29) is 12.4 Å². The van der Waals surface area contributed by atoms with Gasteiger partial charge in [0.25, 0.3) is 0 Å². The Labute approximate surface area is 185 Å². The Hall–Kier alpha value is -2.82. The highest BCUT2D eigenvalue weighted by Gasteiger charge is 2.12. The number of allylic oxidation sites excluding steroid dienone is 1. The van der Waals surface area contributed by atoms with Gasteiger partial charge >= 0.3 is 5.91 Å². The number of hydrogen-bond donors (Lipinski definition) is 1. The zero-order valence-electron chi connectivity index (χ0n) is 15.2. The van der Waals surface area contributed by atoms with Crippen LogP contribution in [0.25, 0.3) is 11.0 Å². The Morgan fingerprint density at radius 2 is 2.14 bits per heavy atom. The second-order valence-electron chi connectivity index (χ2n) is 5.97. The number of benzene rings is 2. The number of nitrogens with zero attached hydrogens (tertiary/aromatic N) is 1. The van der Waals surface area contributed by atoms with Crippen molar-refractivity contribution in [2.24, 2.45) is 5.10 Å². The topological polar surface area (TPSA) is 63.8 Å². The number of hydrogen-bond acceptors (Lipinski definition) is 4. The summed E-state index contributed by atoms with van der Waals surface area (Å²) < 4.78 is 12.8. The van der Waals surface area contributed by atoms with Gasteiger partial charge < -0.3 is 9.15 Å². The quantitative estimate of drug-likeness (QED) is 0.196. The number of fused-ring (bicyclic) bond motifs is 1. The average molecular weight is 516 g/mol. The van der Waals surface area contributed by atoms with Crippen molar-refractivity contribution in [3.8, 4) is 18.1 Å². The molecule has 0 bridgehead atoms. The molecule has 0 unspecified atom stereocenters. The molecule has 0 saturated carbocycles. The minimum absolute atomic E-state index is 0.167. The minimum atomic E-state index is -0.437. The van der Waals surface area contributed by atoms with E-state index in [0.717, 1.165) is 25.5 Å². The molecular weight excluding hydrogens is 500 g/mol. The molecule has 7 heteroatoms. The summed E-state index contributed by atoms with van der Waals surface area (Å²) in [6.07, 6.45) is 9.18. The fraction of sp³-hybridized carbons (Fsp3) is 0.0909. The summed E-state index contributed by atoms with van der Waals surface area (Å²) in [6, 6.07) is 10.9. The van der Waals surface area contributed by atoms with Crippen LogP contribution >= 0.6 is 31.9 Å².